The van der Waals surface area contributed by atoms with Gasteiger partial charge in [-0.3, -0.25) is 0 Å². The lowest BCUT2D eigenvalue weighted by Gasteiger charge is -2.28. The van der Waals surface area contributed by atoms with Gasteiger partial charge in [0.2, 0.25) is 5.95 Å². The number of hydrogen-bond donors (Lipinski definition) is 2. The average molecular weight is 432 g/mol. The molecule has 0 unspecified atom stereocenters. The van der Waals surface area contributed by atoms with Gasteiger partial charge in [-0.25, -0.2) is 19.2 Å². The molecule has 1 atom stereocenters. The highest BCUT2D eigenvalue weighted by Gasteiger charge is 2.36. The molecular formula is C18H18ClF4N5O. The van der Waals surface area contributed by atoms with Crippen LogP contribution in [-0.4, -0.2) is 39.7 Å². The minimum atomic E-state index is -4.42. The molecule has 1 aromatic carbocycles. The average Bonchev–Trinajstić information content (AvgIpc) is 2.67. The molecule has 29 heavy (non-hydrogen) atoms. The van der Waals surface area contributed by atoms with Gasteiger partial charge in [0.25, 0.3) is 0 Å². The Morgan fingerprint density at radius 2 is 2.14 bits per heavy atom. The lowest BCUT2D eigenvalue weighted by molar-refractivity contribution is -0.138. The zero-order valence-corrected chi connectivity index (χ0v) is 16.1. The molecule has 0 fully saturated rings. The monoisotopic (exact) mass is 431 g/mol. The van der Waals surface area contributed by atoms with Crippen LogP contribution in [0.4, 0.5) is 28.3 Å². The van der Waals surface area contributed by atoms with Crippen LogP contribution in [0.15, 0.2) is 24.4 Å². The molecule has 0 saturated carbocycles. The van der Waals surface area contributed by atoms with Crippen molar-refractivity contribution in [3.05, 3.63) is 52.1 Å². The number of anilines is 1. The first kappa shape index (κ1) is 21.1. The Bertz CT molecular complexity index is 908. The molecule has 6 nitrogen and oxygen atoms in total. The van der Waals surface area contributed by atoms with Gasteiger partial charge in [0.15, 0.2) is 0 Å². The molecule has 1 aliphatic heterocycles. The van der Waals surface area contributed by atoms with Gasteiger partial charge in [0.05, 0.1) is 17.3 Å². The van der Waals surface area contributed by atoms with E-state index in [-0.39, 0.29) is 30.1 Å². The maximum atomic E-state index is 13.5. The lowest BCUT2D eigenvalue weighted by Crippen LogP contribution is -2.43. The van der Waals surface area contributed by atoms with Crippen LogP contribution in [0.1, 0.15) is 23.7 Å². The van der Waals surface area contributed by atoms with E-state index in [2.05, 4.69) is 20.6 Å². The Labute approximate surface area is 169 Å². The molecule has 0 saturated heterocycles. The highest BCUT2D eigenvalue weighted by atomic mass is 35.5. The highest BCUT2D eigenvalue weighted by molar-refractivity contribution is 6.30. The van der Waals surface area contributed by atoms with Crippen LogP contribution in [0.3, 0.4) is 0 Å². The molecule has 2 heterocycles. The maximum absolute atomic E-state index is 13.5. The Hall–Kier alpha value is -2.62. The zero-order chi connectivity index (χ0) is 21.2. The molecule has 0 radical (unpaired) electrons. The quantitative estimate of drug-likeness (QED) is 0.720. The van der Waals surface area contributed by atoms with Gasteiger partial charge < -0.3 is 15.5 Å². The van der Waals surface area contributed by atoms with Gasteiger partial charge in [0.1, 0.15) is 11.9 Å². The molecule has 1 aromatic heterocycles. The van der Waals surface area contributed by atoms with Gasteiger partial charge in [-0.05, 0) is 36.6 Å². The van der Waals surface area contributed by atoms with Crippen LogP contribution in [-0.2, 0) is 19.5 Å². The third-order valence-corrected chi connectivity index (χ3v) is 4.80. The van der Waals surface area contributed by atoms with Crippen LogP contribution >= 0.6 is 11.6 Å². The predicted octanol–water partition coefficient (Wildman–Crippen LogP) is 3.90. The van der Waals surface area contributed by atoms with Gasteiger partial charge in [-0.1, -0.05) is 17.7 Å². The second-order valence-corrected chi connectivity index (χ2v) is 7.06. The van der Waals surface area contributed by atoms with E-state index in [1.807, 2.05) is 0 Å². The molecule has 3 rings (SSSR count). The molecule has 156 valence electrons. The summed E-state index contributed by atoms with van der Waals surface area (Å²) < 4.78 is 51.6. The molecule has 2 N–H and O–H groups in total. The van der Waals surface area contributed by atoms with Gasteiger partial charge in [-0.2, -0.15) is 13.2 Å². The second-order valence-electron chi connectivity index (χ2n) is 6.65. The van der Waals surface area contributed by atoms with Crippen molar-refractivity contribution in [3.8, 4) is 0 Å². The largest absolute Gasteiger partial charge is 0.408 e. The number of carbonyl (C=O) groups excluding carboxylic acids is 1. The maximum Gasteiger partial charge on any atom is 0.408 e. The number of fused-ring (bicyclic) bond motifs is 1. The Morgan fingerprint density at radius 1 is 1.38 bits per heavy atom. The van der Waals surface area contributed by atoms with Crippen molar-refractivity contribution in [1.82, 2.24) is 20.2 Å². The van der Waals surface area contributed by atoms with Crippen molar-refractivity contribution < 1.29 is 22.4 Å². The normalized spacial score (nSPS) is 14.9. The Morgan fingerprint density at radius 3 is 2.83 bits per heavy atom. The lowest BCUT2D eigenvalue weighted by atomic mass is 10.1. The fraction of sp³-hybridized carbons (Fsp3) is 0.389. The molecule has 2 aromatic rings. The van der Waals surface area contributed by atoms with E-state index < -0.39 is 18.0 Å². The van der Waals surface area contributed by atoms with E-state index >= 15 is 0 Å². The molecule has 2 amide bonds. The van der Waals surface area contributed by atoms with Crippen molar-refractivity contribution in [2.24, 2.45) is 0 Å². The Balaban J connectivity index is 1.62. The summed E-state index contributed by atoms with van der Waals surface area (Å²) in [6, 6.07) is 2.06. The topological polar surface area (TPSA) is 70.2 Å². The highest BCUT2D eigenvalue weighted by Crippen LogP contribution is 2.23. The number of rotatable bonds is 4. The summed E-state index contributed by atoms with van der Waals surface area (Å²) in [5.74, 6) is -0.720. The standard InChI is InChI=1S/C18H18ClF4N5O/c1-10(18(21,22)23)26-16-24-8-12-4-5-28(9-15(12)27-16)17(29)25-7-11-2-3-13(19)14(20)6-11/h2-3,6,8,10H,4-5,7,9H2,1H3,(H,25,29)(H,24,26,27)/t10-/m0/s1. The SMILES string of the molecule is C[C@H](Nc1ncc2c(n1)CN(C(=O)NCc1ccc(Cl)c(F)c1)CC2)C(F)(F)F. The van der Waals surface area contributed by atoms with E-state index in [1.165, 1.54) is 23.2 Å². The zero-order valence-electron chi connectivity index (χ0n) is 15.4. The molecular weight excluding hydrogens is 414 g/mol. The summed E-state index contributed by atoms with van der Waals surface area (Å²) in [5, 5.41) is 4.90. The van der Waals surface area contributed by atoms with Crippen molar-refractivity contribution in [2.75, 3.05) is 11.9 Å². The molecule has 1 aliphatic rings. The van der Waals surface area contributed by atoms with E-state index in [0.29, 0.717) is 24.2 Å². The summed E-state index contributed by atoms with van der Waals surface area (Å²) in [7, 11) is 0. The van der Waals surface area contributed by atoms with Gasteiger partial charge >= 0.3 is 12.2 Å². The van der Waals surface area contributed by atoms with Crippen LogP contribution < -0.4 is 10.6 Å². The molecule has 0 spiro atoms. The number of benzene rings is 1. The smallest absolute Gasteiger partial charge is 0.343 e. The summed E-state index contributed by atoms with van der Waals surface area (Å²) in [6.45, 7) is 1.62. The number of aromatic nitrogens is 2. The second kappa shape index (κ2) is 8.40. The number of carbonyl (C=O) groups is 1. The van der Waals surface area contributed by atoms with E-state index in [1.54, 1.807) is 6.07 Å². The van der Waals surface area contributed by atoms with Gasteiger partial charge in [0, 0.05) is 19.3 Å². The van der Waals surface area contributed by atoms with E-state index in [0.717, 1.165) is 12.5 Å². The van der Waals surface area contributed by atoms with Crippen molar-refractivity contribution >= 4 is 23.6 Å². The number of nitrogens with one attached hydrogen (secondary N) is 2. The summed E-state index contributed by atoms with van der Waals surface area (Å²) in [5.41, 5.74) is 1.81. The fourth-order valence-electron chi connectivity index (χ4n) is 2.76. The predicted molar refractivity (Wildman–Crippen MR) is 98.9 cm³/mol. The summed E-state index contributed by atoms with van der Waals surface area (Å²) >= 11 is 5.63. The third kappa shape index (κ3) is 5.26. The summed E-state index contributed by atoms with van der Waals surface area (Å²) in [4.78, 5) is 21.9. The third-order valence-electron chi connectivity index (χ3n) is 4.50. The molecule has 0 bridgehead atoms. The first-order valence-corrected chi connectivity index (χ1v) is 9.16. The number of amides is 2. The first-order valence-electron chi connectivity index (χ1n) is 8.78. The number of halogens is 5. The van der Waals surface area contributed by atoms with Crippen LogP contribution in [0.5, 0.6) is 0 Å². The number of alkyl halides is 3. The number of nitrogens with zero attached hydrogens (tertiary/aromatic N) is 3. The number of hydrogen-bond acceptors (Lipinski definition) is 4. The summed E-state index contributed by atoms with van der Waals surface area (Å²) in [6.07, 6.45) is -2.47. The molecule has 11 heteroatoms. The van der Waals surface area contributed by atoms with E-state index in [4.69, 9.17) is 11.6 Å². The van der Waals surface area contributed by atoms with Gasteiger partial charge in [-0.15, -0.1) is 0 Å². The van der Waals surface area contributed by atoms with Crippen molar-refractivity contribution in [1.29, 1.82) is 0 Å². The minimum absolute atomic E-state index is 0.00310. The Kier molecular flexibility index (Phi) is 6.11. The minimum Gasteiger partial charge on any atom is -0.343 e. The molecule has 0 aliphatic carbocycles. The van der Waals surface area contributed by atoms with Crippen molar-refractivity contribution in [3.63, 3.8) is 0 Å². The van der Waals surface area contributed by atoms with Crippen LogP contribution in [0, 0.1) is 5.82 Å². The van der Waals surface area contributed by atoms with E-state index in [9.17, 15) is 22.4 Å². The number of urea groups is 1. The van der Waals surface area contributed by atoms with Crippen LogP contribution in [0.25, 0.3) is 0 Å². The van der Waals surface area contributed by atoms with Crippen molar-refractivity contribution in [2.45, 2.75) is 38.7 Å². The fourth-order valence-corrected chi connectivity index (χ4v) is 2.88. The van der Waals surface area contributed by atoms with Crippen LogP contribution in [0.2, 0.25) is 5.02 Å². The first-order chi connectivity index (χ1) is 13.6.